The average molecular weight is 1230 g/mol. The Morgan fingerprint density at radius 1 is 0.425 bits per heavy atom. The lowest BCUT2D eigenvalue weighted by molar-refractivity contribution is -0.379. The molecular formula is C68H115NO18. The SMILES string of the molecule is CC/C=C\C/C=C\C/C=C\C/C=C\C/C=C\C/C=C\C/C=C\C/C=C\CCCCCCCCCCC(=O)NC(COC1OC(CO)C(OC2OC(CO)C(OC3OC(CO)C(O)C(O)C3O)C(O)C2O)C(O)C1O)C(O)CCCCCCCCCCC. The first-order valence-corrected chi connectivity index (χ1v) is 33.0. The molecule has 500 valence electrons. The lowest BCUT2D eigenvalue weighted by Gasteiger charge is -2.48. The van der Waals surface area contributed by atoms with Gasteiger partial charge >= 0.3 is 0 Å². The molecule has 19 heteroatoms. The Morgan fingerprint density at radius 2 is 0.793 bits per heavy atom. The van der Waals surface area contributed by atoms with Gasteiger partial charge in [0.05, 0.1) is 38.6 Å². The van der Waals surface area contributed by atoms with Crippen LogP contribution in [0.3, 0.4) is 0 Å². The molecule has 3 rings (SSSR count). The van der Waals surface area contributed by atoms with Crippen LogP contribution in [-0.2, 0) is 33.2 Å². The molecule has 0 aromatic heterocycles. The maximum Gasteiger partial charge on any atom is 0.220 e. The van der Waals surface area contributed by atoms with Crippen molar-refractivity contribution >= 4 is 5.91 Å². The van der Waals surface area contributed by atoms with E-state index in [0.717, 1.165) is 116 Å². The molecule has 17 atom stereocenters. The highest BCUT2D eigenvalue weighted by atomic mass is 16.8. The number of aliphatic hydroxyl groups is 11. The Bertz CT molecular complexity index is 1960. The number of ether oxygens (including phenoxy) is 6. The molecule has 19 nitrogen and oxygen atoms in total. The molecule has 0 aliphatic carbocycles. The van der Waals surface area contributed by atoms with Crippen LogP contribution in [-0.4, -0.2) is 193 Å². The van der Waals surface area contributed by atoms with Crippen molar-refractivity contribution in [3.8, 4) is 0 Å². The summed E-state index contributed by atoms with van der Waals surface area (Å²) in [6.07, 6.45) is 36.6. The number of allylic oxidation sites excluding steroid dienone is 16. The molecule has 1 amide bonds. The van der Waals surface area contributed by atoms with Gasteiger partial charge in [-0.3, -0.25) is 4.79 Å². The van der Waals surface area contributed by atoms with Crippen LogP contribution in [0.4, 0.5) is 0 Å². The van der Waals surface area contributed by atoms with E-state index >= 15 is 0 Å². The van der Waals surface area contributed by atoms with Gasteiger partial charge in [-0.1, -0.05) is 207 Å². The van der Waals surface area contributed by atoms with Crippen molar-refractivity contribution in [3.63, 3.8) is 0 Å². The molecular weight excluding hydrogens is 1120 g/mol. The number of nitrogens with one attached hydrogen (secondary N) is 1. The Hall–Kier alpha value is -3.29. The lowest BCUT2D eigenvalue weighted by Crippen LogP contribution is -2.66. The summed E-state index contributed by atoms with van der Waals surface area (Å²) in [4.78, 5) is 13.3. The van der Waals surface area contributed by atoms with Crippen LogP contribution in [0.2, 0.25) is 0 Å². The van der Waals surface area contributed by atoms with Crippen LogP contribution < -0.4 is 5.32 Å². The first kappa shape index (κ1) is 78.0. The third-order valence-electron chi connectivity index (χ3n) is 15.9. The Morgan fingerprint density at radius 3 is 1.24 bits per heavy atom. The van der Waals surface area contributed by atoms with Crippen LogP contribution in [0, 0.1) is 0 Å². The van der Waals surface area contributed by atoms with Gasteiger partial charge in [-0.05, 0) is 77.0 Å². The zero-order chi connectivity index (χ0) is 63.3. The van der Waals surface area contributed by atoms with Crippen molar-refractivity contribution in [2.24, 2.45) is 0 Å². The van der Waals surface area contributed by atoms with Gasteiger partial charge in [0.25, 0.3) is 0 Å². The molecule has 3 fully saturated rings. The zero-order valence-electron chi connectivity index (χ0n) is 52.5. The summed E-state index contributed by atoms with van der Waals surface area (Å²) < 4.78 is 34.3. The summed E-state index contributed by atoms with van der Waals surface area (Å²) in [7, 11) is 0. The first-order chi connectivity index (χ1) is 42.3. The van der Waals surface area contributed by atoms with E-state index in [0.29, 0.717) is 12.8 Å². The molecule has 3 saturated heterocycles. The maximum absolute atomic E-state index is 13.3. The molecule has 0 radical (unpaired) electrons. The summed E-state index contributed by atoms with van der Waals surface area (Å²) >= 11 is 0. The predicted molar refractivity (Wildman–Crippen MR) is 337 cm³/mol. The molecule has 0 spiro atoms. The number of rotatable bonds is 48. The molecule has 0 aromatic rings. The van der Waals surface area contributed by atoms with Crippen LogP contribution in [0.15, 0.2) is 97.2 Å². The minimum absolute atomic E-state index is 0.250. The number of carbonyl (C=O) groups excluding carboxylic acids is 1. The summed E-state index contributed by atoms with van der Waals surface area (Å²) in [5, 5.41) is 120. The third kappa shape index (κ3) is 32.0. The first-order valence-electron chi connectivity index (χ1n) is 33.0. The molecule has 3 heterocycles. The normalized spacial score (nSPS) is 29.2. The van der Waals surface area contributed by atoms with E-state index in [1.54, 1.807) is 0 Å². The largest absolute Gasteiger partial charge is 0.394 e. The highest BCUT2D eigenvalue weighted by Gasteiger charge is 2.53. The molecule has 0 bridgehead atoms. The fraction of sp³-hybridized carbons (Fsp3) is 0.750. The van der Waals surface area contributed by atoms with Gasteiger partial charge in [-0.15, -0.1) is 0 Å². The molecule has 3 aliphatic heterocycles. The van der Waals surface area contributed by atoms with Gasteiger partial charge in [-0.2, -0.15) is 0 Å². The van der Waals surface area contributed by atoms with Gasteiger partial charge in [0.1, 0.15) is 73.2 Å². The lowest BCUT2D eigenvalue weighted by atomic mass is 9.96. The van der Waals surface area contributed by atoms with Crippen LogP contribution in [0.5, 0.6) is 0 Å². The predicted octanol–water partition coefficient (Wildman–Crippen LogP) is 7.71. The fourth-order valence-corrected chi connectivity index (χ4v) is 10.6. The van der Waals surface area contributed by atoms with E-state index in [2.05, 4.69) is 116 Å². The second kappa shape index (κ2) is 49.4. The van der Waals surface area contributed by atoms with Crippen LogP contribution >= 0.6 is 0 Å². The summed E-state index contributed by atoms with van der Waals surface area (Å²) in [5.74, 6) is -0.259. The third-order valence-corrected chi connectivity index (χ3v) is 15.9. The van der Waals surface area contributed by atoms with Gasteiger partial charge < -0.3 is 89.9 Å². The highest BCUT2D eigenvalue weighted by Crippen LogP contribution is 2.33. The Balaban J connectivity index is 1.36. The van der Waals surface area contributed by atoms with E-state index in [1.807, 2.05) is 0 Å². The number of carbonyl (C=O) groups is 1. The number of aliphatic hydroxyl groups excluding tert-OH is 11. The summed E-state index contributed by atoms with van der Waals surface area (Å²) in [6, 6.07) is -0.896. The molecule has 0 aromatic carbocycles. The fourth-order valence-electron chi connectivity index (χ4n) is 10.6. The topological polar surface area (TPSA) is 307 Å². The van der Waals surface area contributed by atoms with Crippen molar-refractivity contribution in [2.75, 3.05) is 26.4 Å². The minimum Gasteiger partial charge on any atom is -0.394 e. The van der Waals surface area contributed by atoms with Crippen molar-refractivity contribution in [1.82, 2.24) is 5.32 Å². The monoisotopic (exact) mass is 1230 g/mol. The Labute approximate surface area is 520 Å². The minimum atomic E-state index is -1.98. The van der Waals surface area contributed by atoms with E-state index in [4.69, 9.17) is 28.4 Å². The molecule has 17 unspecified atom stereocenters. The molecule has 87 heavy (non-hydrogen) atoms. The number of amides is 1. The van der Waals surface area contributed by atoms with Gasteiger partial charge in [0, 0.05) is 6.42 Å². The maximum atomic E-state index is 13.3. The number of hydrogen-bond acceptors (Lipinski definition) is 18. The van der Waals surface area contributed by atoms with Gasteiger partial charge in [0.15, 0.2) is 18.9 Å². The highest BCUT2D eigenvalue weighted by molar-refractivity contribution is 5.76. The van der Waals surface area contributed by atoms with Crippen molar-refractivity contribution in [3.05, 3.63) is 97.2 Å². The second-order valence-corrected chi connectivity index (χ2v) is 23.2. The van der Waals surface area contributed by atoms with Gasteiger partial charge in [0.2, 0.25) is 5.91 Å². The zero-order valence-corrected chi connectivity index (χ0v) is 52.5. The second-order valence-electron chi connectivity index (χ2n) is 23.2. The van der Waals surface area contributed by atoms with Gasteiger partial charge in [-0.25, -0.2) is 0 Å². The van der Waals surface area contributed by atoms with Crippen molar-refractivity contribution in [1.29, 1.82) is 0 Å². The van der Waals surface area contributed by atoms with Crippen LogP contribution in [0.25, 0.3) is 0 Å². The van der Waals surface area contributed by atoms with Crippen molar-refractivity contribution < 1.29 is 89.4 Å². The smallest absolute Gasteiger partial charge is 0.220 e. The standard InChI is InChI=1S/C68H115NO18/c1-3-5-7-9-11-13-14-15-16-17-18-19-20-21-22-23-24-25-26-27-28-29-30-31-32-33-34-35-36-38-40-42-44-46-56(74)69-51(52(73)45-43-41-39-37-12-10-8-6-4-2)50-82-66-62(80)59(77)64(54(48-71)84-66)87-68-63(81)60(78)65(55(49-72)85-68)86-67-61(79)58(76)57(75)53(47-70)83-67/h5,7,11,13,15-16,18-19,21-22,24-25,27-28,30-31,51-55,57-68,70-73,75-81H,3-4,6,8-10,12,14,17,20,23,26,29,32-50H2,1-2H3,(H,69,74)/b7-5-,13-11-,16-15-,19-18-,22-21-,25-24-,28-27-,31-30-. The molecule has 12 N–H and O–H groups in total. The van der Waals surface area contributed by atoms with E-state index in [9.17, 15) is 61.0 Å². The molecule has 0 saturated carbocycles. The van der Waals surface area contributed by atoms with E-state index in [1.165, 1.54) is 44.9 Å². The van der Waals surface area contributed by atoms with E-state index in [-0.39, 0.29) is 18.9 Å². The average Bonchev–Trinajstić information content (AvgIpc) is 1.04. The van der Waals surface area contributed by atoms with Crippen molar-refractivity contribution in [2.45, 2.75) is 298 Å². The van der Waals surface area contributed by atoms with E-state index < -0.39 is 124 Å². The quantitative estimate of drug-likeness (QED) is 0.0205. The Kier molecular flexibility index (Phi) is 44.3. The number of hydrogen-bond donors (Lipinski definition) is 12. The summed E-state index contributed by atoms with van der Waals surface area (Å²) in [6.45, 7) is 1.61. The van der Waals surface area contributed by atoms with Crippen LogP contribution in [0.1, 0.15) is 194 Å². The summed E-state index contributed by atoms with van der Waals surface area (Å²) in [5.41, 5.74) is 0. The molecule has 3 aliphatic rings. The number of unbranched alkanes of at least 4 members (excludes halogenated alkanes) is 16.